The molecule has 1 atom stereocenters. The lowest BCUT2D eigenvalue weighted by atomic mass is 10.1. The lowest BCUT2D eigenvalue weighted by Gasteiger charge is -2.18. The molecule has 1 fully saturated rings. The van der Waals surface area contributed by atoms with Crippen molar-refractivity contribution in [1.29, 1.82) is 0 Å². The molecule has 134 valence electrons. The summed E-state index contributed by atoms with van der Waals surface area (Å²) in [5.74, 6) is -1.08. The van der Waals surface area contributed by atoms with Crippen LogP contribution in [0.1, 0.15) is 6.42 Å². The van der Waals surface area contributed by atoms with Gasteiger partial charge in [-0.2, -0.15) is 0 Å². The smallest absolute Gasteiger partial charge is 0.289 e. The highest BCUT2D eigenvalue weighted by molar-refractivity contribution is 9.10. The number of carbonyl (C=O) groups is 2. The van der Waals surface area contributed by atoms with Crippen molar-refractivity contribution in [3.8, 4) is 0 Å². The van der Waals surface area contributed by atoms with E-state index < -0.39 is 10.8 Å². The van der Waals surface area contributed by atoms with Crippen molar-refractivity contribution in [1.82, 2.24) is 0 Å². The zero-order valence-electron chi connectivity index (χ0n) is 13.3. The molecule has 0 saturated carbocycles. The van der Waals surface area contributed by atoms with Crippen LogP contribution >= 0.6 is 27.5 Å². The molecule has 2 aromatic carbocycles. The number of benzene rings is 2. The molecule has 1 heterocycles. The van der Waals surface area contributed by atoms with Gasteiger partial charge in [0.05, 0.1) is 16.5 Å². The minimum absolute atomic E-state index is 0.0100. The van der Waals surface area contributed by atoms with Gasteiger partial charge in [0.25, 0.3) is 5.69 Å². The number of amides is 2. The molecular formula is C17H13BrClN3O4. The highest BCUT2D eigenvalue weighted by atomic mass is 79.9. The fourth-order valence-electron chi connectivity index (χ4n) is 2.76. The first-order valence-corrected chi connectivity index (χ1v) is 8.83. The third-order valence-corrected chi connectivity index (χ3v) is 5.04. The quantitative estimate of drug-likeness (QED) is 0.577. The topological polar surface area (TPSA) is 92.5 Å². The number of rotatable bonds is 4. The Morgan fingerprint density at radius 3 is 2.73 bits per heavy atom. The Kier molecular flexibility index (Phi) is 5.24. The number of hydrogen-bond acceptors (Lipinski definition) is 4. The lowest BCUT2D eigenvalue weighted by Crippen LogP contribution is -2.28. The van der Waals surface area contributed by atoms with Crippen molar-refractivity contribution in [3.63, 3.8) is 0 Å². The summed E-state index contributed by atoms with van der Waals surface area (Å²) in [7, 11) is 0. The fourth-order valence-corrected chi connectivity index (χ4v) is 3.45. The Morgan fingerprint density at radius 2 is 2.04 bits per heavy atom. The Bertz CT molecular complexity index is 905. The van der Waals surface area contributed by atoms with Gasteiger partial charge in [-0.3, -0.25) is 19.7 Å². The van der Waals surface area contributed by atoms with E-state index in [-0.39, 0.29) is 41.2 Å². The number of nitro groups is 1. The van der Waals surface area contributed by atoms with Crippen LogP contribution in [0.5, 0.6) is 0 Å². The normalized spacial score (nSPS) is 16.6. The molecule has 2 amide bonds. The van der Waals surface area contributed by atoms with Gasteiger partial charge in [0.2, 0.25) is 11.8 Å². The summed E-state index contributed by atoms with van der Waals surface area (Å²) in [4.78, 5) is 36.7. The molecule has 1 N–H and O–H groups in total. The maximum atomic E-state index is 12.5. The summed E-state index contributed by atoms with van der Waals surface area (Å²) in [6, 6.07) is 11.3. The molecule has 0 bridgehead atoms. The number of nitrogens with zero attached hydrogens (tertiary/aromatic N) is 2. The summed E-state index contributed by atoms with van der Waals surface area (Å²) in [5, 5.41) is 13.6. The number of halogens is 2. The summed E-state index contributed by atoms with van der Waals surface area (Å²) in [5.41, 5.74) is 0.676. The van der Waals surface area contributed by atoms with E-state index >= 15 is 0 Å². The van der Waals surface area contributed by atoms with Gasteiger partial charge in [0, 0.05) is 29.2 Å². The third-order valence-electron chi connectivity index (χ3n) is 4.05. The van der Waals surface area contributed by atoms with E-state index in [0.29, 0.717) is 5.69 Å². The highest BCUT2D eigenvalue weighted by Crippen LogP contribution is 2.32. The van der Waals surface area contributed by atoms with Crippen LogP contribution in [-0.4, -0.2) is 23.3 Å². The first-order chi connectivity index (χ1) is 12.4. The van der Waals surface area contributed by atoms with E-state index in [1.165, 1.54) is 18.2 Å². The Balaban J connectivity index is 1.74. The summed E-state index contributed by atoms with van der Waals surface area (Å²) in [6.45, 7) is 0.239. The van der Waals surface area contributed by atoms with E-state index in [1.54, 1.807) is 11.0 Å². The number of para-hydroxylation sites is 1. The van der Waals surface area contributed by atoms with Crippen molar-refractivity contribution in [2.45, 2.75) is 6.42 Å². The molecule has 1 aliphatic rings. The number of carbonyl (C=O) groups excluding carboxylic acids is 2. The van der Waals surface area contributed by atoms with Crippen molar-refractivity contribution in [2.75, 3.05) is 16.8 Å². The summed E-state index contributed by atoms with van der Waals surface area (Å²) >= 11 is 9.17. The molecule has 0 radical (unpaired) electrons. The van der Waals surface area contributed by atoms with E-state index in [0.717, 1.165) is 4.47 Å². The van der Waals surface area contributed by atoms with E-state index in [4.69, 9.17) is 11.6 Å². The molecule has 1 saturated heterocycles. The molecular weight excluding hydrogens is 426 g/mol. The monoisotopic (exact) mass is 437 g/mol. The SMILES string of the molecule is O=C(Nc1ccc(Cl)c([N+](=O)[O-])c1)C1CC(=O)N(c2ccccc2Br)C1. The highest BCUT2D eigenvalue weighted by Gasteiger charge is 2.36. The van der Waals surface area contributed by atoms with Crippen LogP contribution in [0, 0.1) is 16.0 Å². The minimum atomic E-state index is -0.619. The predicted octanol–water partition coefficient (Wildman–Crippen LogP) is 4.00. The van der Waals surface area contributed by atoms with Gasteiger partial charge in [-0.05, 0) is 40.2 Å². The standard InChI is InChI=1S/C17H13BrClN3O4/c18-12-3-1-2-4-14(12)21-9-10(7-16(21)23)17(24)20-11-5-6-13(19)15(8-11)22(25)26/h1-6,8,10H,7,9H2,(H,20,24). The van der Waals surface area contributed by atoms with Crippen molar-refractivity contribution in [3.05, 3.63) is 62.1 Å². The Morgan fingerprint density at radius 1 is 1.31 bits per heavy atom. The van der Waals surface area contributed by atoms with Crippen LogP contribution < -0.4 is 10.2 Å². The Hall–Kier alpha value is -2.45. The van der Waals surface area contributed by atoms with Gasteiger partial charge in [-0.15, -0.1) is 0 Å². The molecule has 26 heavy (non-hydrogen) atoms. The minimum Gasteiger partial charge on any atom is -0.326 e. The van der Waals surface area contributed by atoms with Crippen LogP contribution in [0.4, 0.5) is 17.1 Å². The largest absolute Gasteiger partial charge is 0.326 e. The zero-order chi connectivity index (χ0) is 18.8. The molecule has 2 aromatic rings. The van der Waals surface area contributed by atoms with Crippen molar-refractivity contribution < 1.29 is 14.5 Å². The first kappa shape index (κ1) is 18.3. The molecule has 1 unspecified atom stereocenters. The number of nitro benzene ring substituents is 1. The number of hydrogen-bond donors (Lipinski definition) is 1. The van der Waals surface area contributed by atoms with E-state index in [1.807, 2.05) is 18.2 Å². The second-order valence-corrected chi connectivity index (χ2v) is 7.03. The lowest BCUT2D eigenvalue weighted by molar-refractivity contribution is -0.384. The van der Waals surface area contributed by atoms with Gasteiger partial charge in [-0.25, -0.2) is 0 Å². The van der Waals surface area contributed by atoms with Crippen LogP contribution in [0.2, 0.25) is 5.02 Å². The summed E-state index contributed by atoms with van der Waals surface area (Å²) in [6.07, 6.45) is 0.0723. The maximum Gasteiger partial charge on any atom is 0.289 e. The van der Waals surface area contributed by atoms with Crippen molar-refractivity contribution in [2.24, 2.45) is 5.92 Å². The number of anilines is 2. The Labute approximate surface area is 162 Å². The second-order valence-electron chi connectivity index (χ2n) is 5.77. The summed E-state index contributed by atoms with van der Waals surface area (Å²) < 4.78 is 0.766. The second kappa shape index (κ2) is 7.43. The molecule has 0 aliphatic carbocycles. The molecule has 1 aliphatic heterocycles. The van der Waals surface area contributed by atoms with Gasteiger partial charge in [0.15, 0.2) is 0 Å². The molecule has 7 nitrogen and oxygen atoms in total. The molecule has 9 heteroatoms. The zero-order valence-corrected chi connectivity index (χ0v) is 15.7. The molecule has 0 aromatic heterocycles. The van der Waals surface area contributed by atoms with Crippen LogP contribution in [-0.2, 0) is 9.59 Å². The molecule has 0 spiro atoms. The van der Waals surface area contributed by atoms with Gasteiger partial charge >= 0.3 is 0 Å². The van der Waals surface area contributed by atoms with Crippen LogP contribution in [0.25, 0.3) is 0 Å². The van der Waals surface area contributed by atoms with Gasteiger partial charge in [-0.1, -0.05) is 23.7 Å². The average molecular weight is 439 g/mol. The van der Waals surface area contributed by atoms with Crippen LogP contribution in [0.3, 0.4) is 0 Å². The average Bonchev–Trinajstić information content (AvgIpc) is 2.98. The van der Waals surface area contributed by atoms with Gasteiger partial charge < -0.3 is 10.2 Å². The van der Waals surface area contributed by atoms with Crippen molar-refractivity contribution >= 4 is 56.4 Å². The fraction of sp³-hybridized carbons (Fsp3) is 0.176. The van der Waals surface area contributed by atoms with E-state index in [9.17, 15) is 19.7 Å². The number of nitrogens with one attached hydrogen (secondary N) is 1. The van der Waals surface area contributed by atoms with Gasteiger partial charge in [0.1, 0.15) is 5.02 Å². The van der Waals surface area contributed by atoms with Crippen LogP contribution in [0.15, 0.2) is 46.9 Å². The first-order valence-electron chi connectivity index (χ1n) is 7.66. The van der Waals surface area contributed by atoms with E-state index in [2.05, 4.69) is 21.2 Å². The maximum absolute atomic E-state index is 12.5. The third kappa shape index (κ3) is 3.71. The predicted molar refractivity (Wildman–Crippen MR) is 101 cm³/mol. The molecule has 3 rings (SSSR count).